The molecule has 0 aliphatic carbocycles. The van der Waals surface area contributed by atoms with Crippen molar-refractivity contribution in [3.63, 3.8) is 0 Å². The van der Waals surface area contributed by atoms with Crippen LogP contribution in [0.5, 0.6) is 17.2 Å². The Hall–Kier alpha value is -10.6. The van der Waals surface area contributed by atoms with Crippen molar-refractivity contribution in [2.45, 2.75) is 132 Å². The number of amides is 5. The van der Waals surface area contributed by atoms with Crippen LogP contribution < -0.4 is 48.0 Å². The van der Waals surface area contributed by atoms with Gasteiger partial charge < -0.3 is 70.4 Å². The third-order valence-corrected chi connectivity index (χ3v) is 14.1. The molecule has 5 aromatic rings. The van der Waals surface area contributed by atoms with E-state index in [1.165, 1.54) is 36.6 Å². The quantitative estimate of drug-likeness (QED) is 0.0267. The number of aromatic amines is 1. The summed E-state index contributed by atoms with van der Waals surface area (Å²) in [7, 11) is 0. The number of Topliss-reactive ketones (excluding diaryl/α,β-unsaturated/α-hetero) is 1. The van der Waals surface area contributed by atoms with E-state index >= 15 is 0 Å². The predicted molar refractivity (Wildman–Crippen MR) is 315 cm³/mol. The van der Waals surface area contributed by atoms with Gasteiger partial charge >= 0.3 is 23.8 Å². The molecule has 90 heavy (non-hydrogen) atoms. The molecular weight excluding hydrogens is 1180 g/mol. The smallest absolute Gasteiger partial charge is 0.413 e. The number of phenolic OH excluding ortho intramolecular Hbond substituents is 2. The normalized spacial score (nSPS) is 18.3. The highest BCUT2D eigenvalue weighted by atomic mass is 16.6. The van der Waals surface area contributed by atoms with Crippen LogP contribution >= 0.6 is 0 Å². The average Bonchev–Trinajstić information content (AvgIpc) is 1.32. The maximum Gasteiger partial charge on any atom is 0.413 e. The Morgan fingerprint density at radius 2 is 1.48 bits per heavy atom. The molecule has 0 saturated carbocycles. The van der Waals surface area contributed by atoms with Gasteiger partial charge in [0, 0.05) is 75.9 Å². The molecule has 2 aromatic heterocycles. The van der Waals surface area contributed by atoms with Gasteiger partial charge in [-0.1, -0.05) is 49.4 Å². The number of aliphatic hydroxyl groups is 2. The summed E-state index contributed by atoms with van der Waals surface area (Å²) in [6.07, 6.45) is 4.55. The summed E-state index contributed by atoms with van der Waals surface area (Å²) in [6.45, 7) is 4.74. The van der Waals surface area contributed by atoms with Crippen LogP contribution in [0.3, 0.4) is 0 Å². The molecule has 3 aliphatic heterocycles. The summed E-state index contributed by atoms with van der Waals surface area (Å²) in [6, 6.07) is 14.8. The SMILES string of the molecule is C#CCC(NC(=O)OC(c1ccccc1)C(CCOC(=O)CCC(=O)NCC1OC(n2ccc(=O)[nH]c2=O)C(O)C1O)NC(=O)CC)C(=O)NCC1(C)N=N1.C#CCC(NC(=O)Oc1ccc(-c2coc3cc(O)cc(O)c3c2=O)cc1)C(=O)CCC1(C)N=N1. The largest absolute Gasteiger partial charge is 0.508 e. The van der Waals surface area contributed by atoms with Gasteiger partial charge in [0.15, 0.2) is 17.7 Å². The second kappa shape index (κ2) is 30.4. The van der Waals surface area contributed by atoms with E-state index in [9.17, 15) is 68.4 Å². The number of rotatable bonds is 27. The van der Waals surface area contributed by atoms with Crippen molar-refractivity contribution < 1.29 is 77.4 Å². The van der Waals surface area contributed by atoms with Gasteiger partial charge in [-0.3, -0.25) is 43.1 Å². The number of nitrogens with one attached hydrogen (secondary N) is 6. The van der Waals surface area contributed by atoms with Crippen LogP contribution in [0.15, 0.2) is 125 Å². The highest BCUT2D eigenvalue weighted by Gasteiger charge is 2.44. The average molecular weight is 1240 g/mol. The Kier molecular flexibility index (Phi) is 22.6. The van der Waals surface area contributed by atoms with Crippen LogP contribution in [0.25, 0.3) is 22.1 Å². The lowest BCUT2D eigenvalue weighted by Crippen LogP contribution is -2.49. The number of benzene rings is 3. The molecule has 8 atom stereocenters. The number of alkyl carbamates (subject to hydrolysis) is 1. The number of carbonyl (C=O) groups excluding carboxylic acids is 7. The second-order valence-electron chi connectivity index (χ2n) is 21.1. The fourth-order valence-electron chi connectivity index (χ4n) is 8.91. The van der Waals surface area contributed by atoms with Crippen molar-refractivity contribution in [1.29, 1.82) is 0 Å². The molecule has 1 fully saturated rings. The van der Waals surface area contributed by atoms with E-state index in [4.69, 9.17) is 36.2 Å². The van der Waals surface area contributed by atoms with Crippen LogP contribution in [0.4, 0.5) is 9.59 Å². The van der Waals surface area contributed by atoms with Crippen molar-refractivity contribution in [1.82, 2.24) is 36.1 Å². The van der Waals surface area contributed by atoms with E-state index in [2.05, 4.69) is 58.9 Å². The summed E-state index contributed by atoms with van der Waals surface area (Å²) in [5.41, 5.74) is -2.12. The van der Waals surface area contributed by atoms with Crippen molar-refractivity contribution >= 4 is 52.6 Å². The van der Waals surface area contributed by atoms with Crippen molar-refractivity contribution in [3.8, 4) is 53.1 Å². The number of nitrogens with zero attached hydrogens (tertiary/aromatic N) is 5. The number of ketones is 1. The molecular formula is C60H65N11O19. The zero-order chi connectivity index (χ0) is 65.3. The van der Waals surface area contributed by atoms with Crippen LogP contribution in [0.1, 0.15) is 90.0 Å². The number of aromatic hydroxyl groups is 2. The van der Waals surface area contributed by atoms with Gasteiger partial charge in [-0.15, -0.1) is 24.7 Å². The third kappa shape index (κ3) is 18.7. The van der Waals surface area contributed by atoms with E-state index in [1.54, 1.807) is 51.1 Å². The number of aliphatic hydroxyl groups excluding tert-OH is 2. The molecule has 3 aliphatic rings. The summed E-state index contributed by atoms with van der Waals surface area (Å²) in [4.78, 5) is 127. The molecule has 0 bridgehead atoms. The number of fused-ring (bicyclic) bond motifs is 1. The molecule has 0 spiro atoms. The molecule has 5 heterocycles. The first-order valence-corrected chi connectivity index (χ1v) is 28.1. The zero-order valence-electron chi connectivity index (χ0n) is 48.8. The van der Waals surface area contributed by atoms with Crippen molar-refractivity contribution in [2.24, 2.45) is 20.5 Å². The van der Waals surface area contributed by atoms with Crippen LogP contribution in [0.2, 0.25) is 0 Å². The van der Waals surface area contributed by atoms with E-state index < -0.39 is 112 Å². The topological polar surface area (TPSA) is 432 Å². The lowest BCUT2D eigenvalue weighted by molar-refractivity contribution is -0.145. The Morgan fingerprint density at radius 1 is 0.800 bits per heavy atom. The number of carbonyl (C=O) groups is 7. The summed E-state index contributed by atoms with van der Waals surface area (Å²) >= 11 is 0. The van der Waals surface area contributed by atoms with Crippen LogP contribution in [-0.4, -0.2) is 139 Å². The minimum atomic E-state index is -1.54. The lowest BCUT2D eigenvalue weighted by Gasteiger charge is -2.29. The number of hydrogen-bond acceptors (Lipinski definition) is 23. The molecule has 8 rings (SSSR count). The maximum absolute atomic E-state index is 13.2. The Bertz CT molecular complexity index is 3790. The molecule has 30 heteroatoms. The fourth-order valence-corrected chi connectivity index (χ4v) is 8.91. The Balaban J connectivity index is 0.000000282. The zero-order valence-corrected chi connectivity index (χ0v) is 48.8. The monoisotopic (exact) mass is 1240 g/mol. The first-order chi connectivity index (χ1) is 42.9. The molecule has 8 unspecified atom stereocenters. The lowest BCUT2D eigenvalue weighted by atomic mass is 9.99. The van der Waals surface area contributed by atoms with Gasteiger partial charge in [0.2, 0.25) is 28.8 Å². The highest BCUT2D eigenvalue weighted by molar-refractivity contribution is 5.89. The van der Waals surface area contributed by atoms with E-state index in [0.717, 1.165) is 22.9 Å². The number of hydrogen-bond donors (Lipinski definition) is 10. The fraction of sp³-hybridized carbons (Fsp3) is 0.400. The first-order valence-electron chi connectivity index (χ1n) is 28.1. The van der Waals surface area contributed by atoms with Gasteiger partial charge in [-0.25, -0.2) is 14.4 Å². The molecule has 10 N–H and O–H groups in total. The summed E-state index contributed by atoms with van der Waals surface area (Å²) < 4.78 is 28.2. The van der Waals surface area contributed by atoms with Gasteiger partial charge in [-0.2, -0.15) is 20.5 Å². The summed E-state index contributed by atoms with van der Waals surface area (Å²) in [5.74, 6) is 1.69. The molecule has 0 radical (unpaired) electrons. The second-order valence-corrected chi connectivity index (χ2v) is 21.1. The van der Waals surface area contributed by atoms with Gasteiger partial charge in [0.25, 0.3) is 5.56 Å². The number of phenols is 2. The van der Waals surface area contributed by atoms with Crippen molar-refractivity contribution in [3.05, 3.63) is 122 Å². The minimum absolute atomic E-state index is 0.0141. The predicted octanol–water partition coefficient (Wildman–Crippen LogP) is 2.92. The first kappa shape index (κ1) is 67.0. The Morgan fingerprint density at radius 3 is 2.13 bits per heavy atom. The number of aromatic nitrogens is 2. The third-order valence-electron chi connectivity index (χ3n) is 14.1. The number of ether oxygens (including phenoxy) is 4. The van der Waals surface area contributed by atoms with Gasteiger partial charge in [0.1, 0.15) is 71.0 Å². The molecule has 30 nitrogen and oxygen atoms in total. The standard InChI is InChI=1S/C35H44N8O12.C25H21N3O7/c1-4-9-22(31(50)37-19-35(3)41-42-35)39-34(52)55-30(20-10-7-6-8-11-20)21(38-24(44)5-2)15-17-53-27(47)13-12-25(45)36-18-23-28(48)29(49)32(54-23)43-16-14-26(46)40-33(43)51;1-3-4-18(19(30)9-10-25(2)27-28-25)26-24(33)35-16-7-5-14(6-8-16)17-13-34-21-12-15(29)11-20(31)22(21)23(17)32/h1,6-8,10-11,14,16,21-23,28-30,32,48-49H,5,9,12-13,15,17-19H2,2-3H3,(H,36,45)(H,37,50)(H,38,44)(H,39,52)(H,40,46,51);1,5-8,11-13,18,29,31H,4,9-10H2,2H3,(H,26,33). The molecule has 3 aromatic carbocycles. The molecule has 474 valence electrons. The minimum Gasteiger partial charge on any atom is -0.508 e. The van der Waals surface area contributed by atoms with Crippen LogP contribution in [0, 0.1) is 24.7 Å². The summed E-state index contributed by atoms with van der Waals surface area (Å²) in [5, 5.41) is 68.6. The number of H-pyrrole nitrogens is 1. The number of terminal acetylenes is 2. The highest BCUT2D eigenvalue weighted by Crippen LogP contribution is 2.34. The molecule has 5 amide bonds. The van der Waals surface area contributed by atoms with Gasteiger partial charge in [-0.05, 0) is 37.1 Å². The van der Waals surface area contributed by atoms with Gasteiger partial charge in [0.05, 0.1) is 31.2 Å². The van der Waals surface area contributed by atoms with E-state index in [1.807, 2.05) is 4.98 Å². The Labute approximate surface area is 511 Å². The maximum atomic E-state index is 13.2. The molecule has 1 saturated heterocycles. The van der Waals surface area contributed by atoms with Crippen molar-refractivity contribution in [2.75, 3.05) is 19.7 Å². The van der Waals surface area contributed by atoms with E-state index in [-0.39, 0.29) is 104 Å². The van der Waals surface area contributed by atoms with Crippen LogP contribution in [-0.2, 0) is 38.2 Å². The van der Waals surface area contributed by atoms with E-state index in [0.29, 0.717) is 17.5 Å². The number of esters is 1.